The van der Waals surface area contributed by atoms with E-state index in [1.54, 1.807) is 19.1 Å². The highest BCUT2D eigenvalue weighted by atomic mass is 32.2. The van der Waals surface area contributed by atoms with E-state index in [0.717, 1.165) is 5.56 Å². The van der Waals surface area contributed by atoms with E-state index in [0.29, 0.717) is 27.7 Å². The predicted molar refractivity (Wildman–Crippen MR) is 158 cm³/mol. The van der Waals surface area contributed by atoms with Crippen LogP contribution < -0.4 is 11.1 Å². The number of carbonyl (C=O) groups excluding carboxylic acids is 1. The van der Waals surface area contributed by atoms with E-state index in [9.17, 15) is 18.3 Å². The number of benzene rings is 3. The zero-order valence-electron chi connectivity index (χ0n) is 23.5. The molecule has 0 saturated carbocycles. The van der Waals surface area contributed by atoms with Gasteiger partial charge >= 0.3 is 0 Å². The van der Waals surface area contributed by atoms with Gasteiger partial charge in [-0.25, -0.2) is 13.4 Å². The quantitative estimate of drug-likeness (QED) is 0.206. The smallest absolute Gasteiger partial charge is 0.292 e. The first-order chi connectivity index (χ1) is 20.0. The largest absolute Gasteiger partial charge is 0.443 e. The van der Waals surface area contributed by atoms with Crippen molar-refractivity contribution in [1.82, 2.24) is 19.6 Å². The Morgan fingerprint density at radius 1 is 1.07 bits per heavy atom. The topological polar surface area (TPSA) is 165 Å². The molecule has 11 nitrogen and oxygen atoms in total. The molecule has 4 N–H and O–H groups in total. The Morgan fingerprint density at radius 2 is 1.81 bits per heavy atom. The first-order valence-corrected chi connectivity index (χ1v) is 15.0. The van der Waals surface area contributed by atoms with Gasteiger partial charge in [0.15, 0.2) is 17.6 Å². The van der Waals surface area contributed by atoms with Crippen molar-refractivity contribution >= 4 is 44.1 Å². The number of aliphatic hydroxyl groups excluding tert-OH is 1. The molecule has 220 valence electrons. The van der Waals surface area contributed by atoms with Gasteiger partial charge in [0.1, 0.15) is 11.0 Å². The highest BCUT2D eigenvalue weighted by Crippen LogP contribution is 2.25. The van der Waals surface area contributed by atoms with Gasteiger partial charge < -0.3 is 25.0 Å². The number of aromatic nitrogens is 2. The Balaban J connectivity index is 1.44. The number of oxazole rings is 2. The van der Waals surface area contributed by atoms with Crippen LogP contribution in [0.1, 0.15) is 35.3 Å². The lowest BCUT2D eigenvalue weighted by Crippen LogP contribution is -2.51. The van der Waals surface area contributed by atoms with E-state index in [1.807, 2.05) is 44.2 Å². The number of carbonyl (C=O) groups is 1. The molecule has 2 heterocycles. The van der Waals surface area contributed by atoms with E-state index in [-0.39, 0.29) is 41.9 Å². The lowest BCUT2D eigenvalue weighted by Gasteiger charge is -2.31. The maximum Gasteiger partial charge on any atom is 0.292 e. The van der Waals surface area contributed by atoms with Crippen molar-refractivity contribution in [1.29, 1.82) is 0 Å². The van der Waals surface area contributed by atoms with Gasteiger partial charge in [-0.1, -0.05) is 44.2 Å². The summed E-state index contributed by atoms with van der Waals surface area (Å²) in [6, 6.07) is 16.2. The summed E-state index contributed by atoms with van der Waals surface area (Å²) in [4.78, 5) is 21.6. The number of rotatable bonds is 11. The molecule has 0 saturated heterocycles. The number of nitrogens with zero attached hydrogens (tertiary/aromatic N) is 3. The number of nitrogens with two attached hydrogens (primary N) is 1. The van der Waals surface area contributed by atoms with Crippen molar-refractivity contribution < 1.29 is 27.2 Å². The van der Waals surface area contributed by atoms with Gasteiger partial charge in [0.25, 0.3) is 11.9 Å². The minimum atomic E-state index is -4.07. The van der Waals surface area contributed by atoms with Crippen molar-refractivity contribution in [3.8, 4) is 0 Å². The molecule has 0 aliphatic heterocycles. The Morgan fingerprint density at radius 3 is 2.55 bits per heavy atom. The molecule has 0 aliphatic rings. The zero-order valence-corrected chi connectivity index (χ0v) is 24.3. The van der Waals surface area contributed by atoms with Crippen LogP contribution in [0.3, 0.4) is 0 Å². The predicted octanol–water partition coefficient (Wildman–Crippen LogP) is 3.91. The van der Waals surface area contributed by atoms with Gasteiger partial charge in [-0.3, -0.25) is 4.79 Å². The van der Waals surface area contributed by atoms with Crippen LogP contribution in [0.4, 0.5) is 6.01 Å². The fourth-order valence-electron chi connectivity index (χ4n) is 4.95. The summed E-state index contributed by atoms with van der Waals surface area (Å²) in [7, 11) is -4.07. The van der Waals surface area contributed by atoms with Crippen molar-refractivity contribution in [2.75, 3.05) is 18.8 Å². The molecule has 5 rings (SSSR count). The molecular weight excluding hydrogens is 558 g/mol. The molecule has 42 heavy (non-hydrogen) atoms. The Bertz CT molecular complexity index is 1820. The van der Waals surface area contributed by atoms with Crippen LogP contribution in [0.2, 0.25) is 0 Å². The molecule has 5 aromatic rings. The monoisotopic (exact) mass is 591 g/mol. The second kappa shape index (κ2) is 11.9. The number of anilines is 1. The molecular formula is C30H33N5O6S. The van der Waals surface area contributed by atoms with Gasteiger partial charge in [-0.2, -0.15) is 9.29 Å². The number of hydrogen-bond donors (Lipinski definition) is 3. The first kappa shape index (κ1) is 29.2. The number of nitrogen functional groups attached to an aromatic ring is 1. The fourth-order valence-corrected chi connectivity index (χ4v) is 6.59. The first-order valence-electron chi connectivity index (χ1n) is 13.5. The van der Waals surface area contributed by atoms with Gasteiger partial charge in [0.2, 0.25) is 10.0 Å². The third kappa shape index (κ3) is 6.15. The van der Waals surface area contributed by atoms with E-state index in [1.165, 1.54) is 28.9 Å². The van der Waals surface area contributed by atoms with E-state index >= 15 is 0 Å². The molecule has 0 fully saturated rings. The molecule has 0 unspecified atom stereocenters. The maximum absolute atomic E-state index is 13.8. The average Bonchev–Trinajstić information content (AvgIpc) is 3.58. The van der Waals surface area contributed by atoms with Gasteiger partial charge in [0.05, 0.1) is 17.0 Å². The van der Waals surface area contributed by atoms with Crippen LogP contribution in [0.15, 0.2) is 80.8 Å². The van der Waals surface area contributed by atoms with Crippen LogP contribution in [-0.4, -0.2) is 58.9 Å². The number of nitrogens with one attached hydrogen (secondary N) is 1. The lowest BCUT2D eigenvalue weighted by atomic mass is 9.99. The van der Waals surface area contributed by atoms with Gasteiger partial charge in [0, 0.05) is 30.3 Å². The Hall–Kier alpha value is -4.26. The lowest BCUT2D eigenvalue weighted by molar-refractivity contribution is 0.0775. The number of aryl methyl sites for hydroxylation is 1. The summed E-state index contributed by atoms with van der Waals surface area (Å²) in [6.07, 6.45) is 0.345. The summed E-state index contributed by atoms with van der Waals surface area (Å²) in [5, 5.41) is 14.5. The summed E-state index contributed by atoms with van der Waals surface area (Å²) in [6.45, 7) is 5.43. The van der Waals surface area contributed by atoms with Gasteiger partial charge in [-0.05, 0) is 49.1 Å². The molecule has 3 aromatic carbocycles. The van der Waals surface area contributed by atoms with E-state index in [4.69, 9.17) is 14.6 Å². The molecule has 0 bridgehead atoms. The molecule has 0 aliphatic carbocycles. The standard InChI is InChI=1S/C30H33N5O6S/c1-18(2)15-35(42(38,39)21-9-11-23-27(14-21)41-30(31)34-23)16-26(36)25(13-20-7-5-4-6-8-20)33-29(37)22-10-12-24-28(19(22)3)40-17-32-24/h4-12,14,17-18,25-26,36H,13,15-16H2,1-3H3,(H2,31,34)(H,33,37)/t25-,26+/m0/s1. The normalized spacial score (nSPS) is 13.7. The molecule has 1 amide bonds. The highest BCUT2D eigenvalue weighted by molar-refractivity contribution is 7.89. The van der Waals surface area contributed by atoms with Crippen LogP contribution in [0.25, 0.3) is 22.2 Å². The zero-order chi connectivity index (χ0) is 30.0. The summed E-state index contributed by atoms with van der Waals surface area (Å²) in [5.74, 6) is -0.465. The minimum Gasteiger partial charge on any atom is -0.443 e. The molecule has 2 aromatic heterocycles. The van der Waals surface area contributed by atoms with Crippen molar-refractivity contribution in [3.05, 3.63) is 83.7 Å². The summed E-state index contributed by atoms with van der Waals surface area (Å²) < 4.78 is 39.7. The van der Waals surface area contributed by atoms with Crippen molar-refractivity contribution in [2.45, 2.75) is 44.2 Å². The fraction of sp³-hybridized carbons (Fsp3) is 0.300. The maximum atomic E-state index is 13.8. The Kier molecular flexibility index (Phi) is 8.30. The van der Waals surface area contributed by atoms with Crippen molar-refractivity contribution in [2.24, 2.45) is 5.92 Å². The number of fused-ring (bicyclic) bond motifs is 2. The average molecular weight is 592 g/mol. The van der Waals surface area contributed by atoms with Crippen molar-refractivity contribution in [3.63, 3.8) is 0 Å². The third-order valence-electron chi connectivity index (χ3n) is 7.05. The van der Waals surface area contributed by atoms with Gasteiger partial charge in [-0.15, -0.1) is 0 Å². The molecule has 2 atom stereocenters. The molecule has 0 radical (unpaired) electrons. The SMILES string of the molecule is Cc1c(C(=O)N[C@@H](Cc2ccccc2)[C@H](O)CN(CC(C)C)S(=O)(=O)c2ccc3nc(N)oc3c2)ccc2ncoc12. The van der Waals surface area contributed by atoms with Crippen LogP contribution >= 0.6 is 0 Å². The second-order valence-electron chi connectivity index (χ2n) is 10.7. The van der Waals surface area contributed by atoms with Crippen LogP contribution in [0.5, 0.6) is 0 Å². The Labute approximate surface area is 243 Å². The van der Waals surface area contributed by atoms with E-state index in [2.05, 4.69) is 15.3 Å². The molecule has 0 spiro atoms. The van der Waals surface area contributed by atoms with Crippen LogP contribution in [-0.2, 0) is 16.4 Å². The number of aliphatic hydroxyl groups is 1. The minimum absolute atomic E-state index is 0.0152. The second-order valence-corrected chi connectivity index (χ2v) is 12.6. The number of sulfonamides is 1. The summed E-state index contributed by atoms with van der Waals surface area (Å²) in [5.41, 5.74) is 9.30. The molecule has 12 heteroatoms. The van der Waals surface area contributed by atoms with Crippen LogP contribution in [0, 0.1) is 12.8 Å². The summed E-state index contributed by atoms with van der Waals surface area (Å²) >= 11 is 0. The van der Waals surface area contributed by atoms with E-state index < -0.39 is 28.1 Å². The third-order valence-corrected chi connectivity index (χ3v) is 8.87. The highest BCUT2D eigenvalue weighted by Gasteiger charge is 2.32. The number of amides is 1. The number of hydrogen-bond acceptors (Lipinski definition) is 9.